The van der Waals surface area contributed by atoms with Crippen LogP contribution in [-0.2, 0) is 11.2 Å². The minimum absolute atomic E-state index is 0.0319. The van der Waals surface area contributed by atoms with Gasteiger partial charge in [-0.25, -0.2) is 9.78 Å². The van der Waals surface area contributed by atoms with E-state index < -0.39 is 16.6 Å². The summed E-state index contributed by atoms with van der Waals surface area (Å²) in [6, 6.07) is 9.97. The van der Waals surface area contributed by atoms with Crippen LogP contribution in [0.4, 0.5) is 10.5 Å². The van der Waals surface area contributed by atoms with E-state index in [-0.39, 0.29) is 11.7 Å². The molecule has 0 saturated carbocycles. The van der Waals surface area contributed by atoms with E-state index in [2.05, 4.69) is 0 Å². The second-order valence-electron chi connectivity index (χ2n) is 7.79. The number of nitrogens with zero attached hydrogens (tertiary/aromatic N) is 3. The van der Waals surface area contributed by atoms with Gasteiger partial charge in [0, 0.05) is 24.6 Å². The van der Waals surface area contributed by atoms with Crippen molar-refractivity contribution in [2.45, 2.75) is 38.8 Å². The summed E-state index contributed by atoms with van der Waals surface area (Å²) in [6.45, 7) is 5.46. The van der Waals surface area contributed by atoms with E-state index in [1.54, 1.807) is 35.4 Å². The molecule has 1 unspecified atom stereocenters. The summed E-state index contributed by atoms with van der Waals surface area (Å²) in [5.74, 6) is 0. The Hall–Kier alpha value is -2.78. The Kier molecular flexibility index (Phi) is 6.52. The number of ether oxygens (including phenoxy) is 1. The molecule has 0 spiro atoms. The summed E-state index contributed by atoms with van der Waals surface area (Å²) in [5.41, 5.74) is 1.04. The molecule has 1 amide bonds. The molecule has 0 saturated heterocycles. The SMILES string of the molecule is CN(C(=O)OC(C)(C)C)C(Cc1ccc([N+](=O)[O-])cc1)c1csc(-c2cccs2)n1. The lowest BCUT2D eigenvalue weighted by Crippen LogP contribution is -2.37. The number of non-ortho nitro benzene ring substituents is 1. The van der Waals surface area contributed by atoms with Crippen LogP contribution in [0.3, 0.4) is 0 Å². The third kappa shape index (κ3) is 5.43. The van der Waals surface area contributed by atoms with Gasteiger partial charge in [0.05, 0.1) is 21.5 Å². The number of thiophene rings is 1. The van der Waals surface area contributed by atoms with Gasteiger partial charge in [0.25, 0.3) is 5.69 Å². The van der Waals surface area contributed by atoms with E-state index in [0.29, 0.717) is 6.42 Å². The van der Waals surface area contributed by atoms with Crippen molar-refractivity contribution >= 4 is 34.5 Å². The maximum atomic E-state index is 12.7. The van der Waals surface area contributed by atoms with Crippen LogP contribution in [0.5, 0.6) is 0 Å². The van der Waals surface area contributed by atoms with E-state index in [1.807, 2.05) is 43.7 Å². The first-order chi connectivity index (χ1) is 14.1. The number of likely N-dealkylation sites (N-methyl/N-ethyl adjacent to an activating group) is 1. The van der Waals surface area contributed by atoms with Crippen molar-refractivity contribution in [2.24, 2.45) is 0 Å². The molecular formula is C21H23N3O4S2. The highest BCUT2D eigenvalue weighted by Gasteiger charge is 2.28. The van der Waals surface area contributed by atoms with Crippen LogP contribution in [-0.4, -0.2) is 33.5 Å². The highest BCUT2D eigenvalue weighted by Crippen LogP contribution is 2.33. The molecule has 0 aliphatic heterocycles. The largest absolute Gasteiger partial charge is 0.444 e. The summed E-state index contributed by atoms with van der Waals surface area (Å²) in [5, 5.41) is 15.8. The van der Waals surface area contributed by atoms with E-state index in [0.717, 1.165) is 21.1 Å². The molecule has 0 bridgehead atoms. The molecule has 3 rings (SSSR count). The number of nitro benzene ring substituents is 1. The van der Waals surface area contributed by atoms with Crippen molar-refractivity contribution in [1.82, 2.24) is 9.88 Å². The average molecular weight is 446 g/mol. The number of nitro groups is 1. The third-order valence-electron chi connectivity index (χ3n) is 4.32. The van der Waals surface area contributed by atoms with E-state index in [4.69, 9.17) is 9.72 Å². The zero-order valence-corrected chi connectivity index (χ0v) is 18.8. The lowest BCUT2D eigenvalue weighted by molar-refractivity contribution is -0.384. The quantitative estimate of drug-likeness (QED) is 0.347. The maximum Gasteiger partial charge on any atom is 0.410 e. The van der Waals surface area contributed by atoms with Crippen LogP contribution in [0.15, 0.2) is 47.2 Å². The molecule has 7 nitrogen and oxygen atoms in total. The van der Waals surface area contributed by atoms with Gasteiger partial charge in [-0.05, 0) is 44.2 Å². The van der Waals surface area contributed by atoms with E-state index >= 15 is 0 Å². The topological polar surface area (TPSA) is 85.6 Å². The normalized spacial score (nSPS) is 12.4. The third-order valence-corrected chi connectivity index (χ3v) is 6.22. The number of rotatable bonds is 6. The highest BCUT2D eigenvalue weighted by molar-refractivity contribution is 7.20. The Balaban J connectivity index is 1.90. The molecule has 0 aliphatic carbocycles. The smallest absolute Gasteiger partial charge is 0.410 e. The van der Waals surface area contributed by atoms with Gasteiger partial charge in [-0.15, -0.1) is 22.7 Å². The molecule has 3 aromatic rings. The predicted octanol–water partition coefficient (Wildman–Crippen LogP) is 5.93. The first kappa shape index (κ1) is 21.9. The number of benzene rings is 1. The van der Waals surface area contributed by atoms with Gasteiger partial charge in [-0.3, -0.25) is 10.1 Å². The fraction of sp³-hybridized carbons (Fsp3) is 0.333. The lowest BCUT2D eigenvalue weighted by atomic mass is 10.0. The van der Waals surface area contributed by atoms with E-state index in [1.165, 1.54) is 23.5 Å². The van der Waals surface area contributed by atoms with Crippen LogP contribution < -0.4 is 0 Å². The van der Waals surface area contributed by atoms with Crippen molar-refractivity contribution < 1.29 is 14.5 Å². The molecule has 0 radical (unpaired) electrons. The number of aromatic nitrogens is 1. The summed E-state index contributed by atoms with van der Waals surface area (Å²) in [6.07, 6.45) is 0.0153. The molecule has 2 heterocycles. The zero-order chi connectivity index (χ0) is 21.9. The van der Waals surface area contributed by atoms with Crippen LogP contribution in [0, 0.1) is 10.1 Å². The summed E-state index contributed by atoms with van der Waals surface area (Å²) < 4.78 is 5.54. The minimum Gasteiger partial charge on any atom is -0.444 e. The lowest BCUT2D eigenvalue weighted by Gasteiger charge is -2.30. The van der Waals surface area contributed by atoms with Crippen LogP contribution in [0.25, 0.3) is 9.88 Å². The Morgan fingerprint density at radius 2 is 1.93 bits per heavy atom. The second-order valence-corrected chi connectivity index (χ2v) is 9.60. The molecule has 9 heteroatoms. The average Bonchev–Trinajstić information content (AvgIpc) is 3.36. The minimum atomic E-state index is -0.618. The Labute approximate surface area is 183 Å². The van der Waals surface area contributed by atoms with Gasteiger partial charge in [0.15, 0.2) is 0 Å². The van der Waals surface area contributed by atoms with Gasteiger partial charge < -0.3 is 9.64 Å². The molecule has 0 aliphatic rings. The number of carbonyl (C=O) groups excluding carboxylic acids is 1. The van der Waals surface area contributed by atoms with Crippen LogP contribution in [0.2, 0.25) is 0 Å². The van der Waals surface area contributed by atoms with Crippen molar-refractivity contribution in [3.05, 3.63) is 68.5 Å². The number of carbonyl (C=O) groups is 1. The number of hydrogen-bond donors (Lipinski definition) is 0. The van der Waals surface area contributed by atoms with Crippen molar-refractivity contribution in [2.75, 3.05) is 7.05 Å². The number of thiazole rings is 1. The summed E-state index contributed by atoms with van der Waals surface area (Å²) in [7, 11) is 1.69. The first-order valence-electron chi connectivity index (χ1n) is 9.32. The van der Waals surface area contributed by atoms with E-state index in [9.17, 15) is 14.9 Å². The van der Waals surface area contributed by atoms with Gasteiger partial charge in [0.1, 0.15) is 10.6 Å². The first-order valence-corrected chi connectivity index (χ1v) is 11.1. The Morgan fingerprint density at radius 3 is 2.50 bits per heavy atom. The van der Waals surface area contributed by atoms with Crippen LogP contribution >= 0.6 is 22.7 Å². The molecule has 2 aromatic heterocycles. The highest BCUT2D eigenvalue weighted by atomic mass is 32.1. The van der Waals surface area contributed by atoms with Crippen molar-refractivity contribution in [3.63, 3.8) is 0 Å². The summed E-state index contributed by atoms with van der Waals surface area (Å²) in [4.78, 5) is 30.6. The van der Waals surface area contributed by atoms with Gasteiger partial charge in [-0.1, -0.05) is 18.2 Å². The Bertz CT molecular complexity index is 1010. The van der Waals surface area contributed by atoms with Crippen molar-refractivity contribution in [3.8, 4) is 9.88 Å². The molecular weight excluding hydrogens is 422 g/mol. The number of amides is 1. The predicted molar refractivity (Wildman–Crippen MR) is 119 cm³/mol. The maximum absolute atomic E-state index is 12.7. The zero-order valence-electron chi connectivity index (χ0n) is 17.2. The van der Waals surface area contributed by atoms with Crippen LogP contribution in [0.1, 0.15) is 38.1 Å². The molecule has 1 aromatic carbocycles. The van der Waals surface area contributed by atoms with Crippen molar-refractivity contribution in [1.29, 1.82) is 0 Å². The fourth-order valence-electron chi connectivity index (χ4n) is 2.83. The molecule has 1 atom stereocenters. The summed E-state index contributed by atoms with van der Waals surface area (Å²) >= 11 is 3.14. The molecule has 0 fully saturated rings. The monoisotopic (exact) mass is 445 g/mol. The van der Waals surface area contributed by atoms with Gasteiger partial charge in [-0.2, -0.15) is 0 Å². The fourth-order valence-corrected chi connectivity index (χ4v) is 4.51. The van der Waals surface area contributed by atoms with Gasteiger partial charge >= 0.3 is 6.09 Å². The Morgan fingerprint density at radius 1 is 1.23 bits per heavy atom. The molecule has 0 N–H and O–H groups in total. The molecule has 158 valence electrons. The second kappa shape index (κ2) is 8.93. The number of hydrogen-bond acceptors (Lipinski definition) is 7. The van der Waals surface area contributed by atoms with Gasteiger partial charge in [0.2, 0.25) is 0 Å². The standard InChI is InChI=1S/C21H23N3O4S2/c1-21(2,3)28-20(25)23(4)17(12-14-7-9-15(10-8-14)24(26)27)16-13-30-19(22-16)18-6-5-11-29-18/h5-11,13,17H,12H2,1-4H3. The molecule has 30 heavy (non-hydrogen) atoms.